The Morgan fingerprint density at radius 1 is 0.912 bits per heavy atom. The van der Waals surface area contributed by atoms with E-state index in [-0.39, 0.29) is 5.75 Å². The monoisotopic (exact) mass is 454 g/mol. The molecule has 7 heteroatoms. The standard InChI is InChI=1S/C27H22N2O5/c1-2-33-22-14-9-20(10-15-22)27(32)34-25-16-11-18-5-3-4-6-23(18)24(25)17-28-29-26(31)19-7-12-21(30)13-8-19/h3-17,30H,2H2,1H3,(H,29,31)/b28-17-. The van der Waals surface area contributed by atoms with E-state index < -0.39 is 11.9 Å². The summed E-state index contributed by atoms with van der Waals surface area (Å²) in [6.45, 7) is 2.42. The number of carbonyl (C=O) groups is 2. The van der Waals surface area contributed by atoms with Crippen molar-refractivity contribution in [2.75, 3.05) is 6.61 Å². The first kappa shape index (κ1) is 22.5. The molecule has 0 heterocycles. The number of hydrogen-bond donors (Lipinski definition) is 2. The summed E-state index contributed by atoms with van der Waals surface area (Å²) in [5.74, 6) is 0.0717. The number of hydrazone groups is 1. The first-order chi connectivity index (χ1) is 16.5. The Labute approximate surface area is 196 Å². The SMILES string of the molecule is CCOc1ccc(C(=O)Oc2ccc3ccccc3c2/C=N\NC(=O)c2ccc(O)cc2)cc1. The van der Waals surface area contributed by atoms with Gasteiger partial charge in [0.1, 0.15) is 17.2 Å². The topological polar surface area (TPSA) is 97.2 Å². The predicted octanol–water partition coefficient (Wildman–Crippen LogP) is 4.93. The van der Waals surface area contributed by atoms with E-state index in [1.807, 2.05) is 37.3 Å². The first-order valence-electron chi connectivity index (χ1n) is 10.6. The highest BCUT2D eigenvalue weighted by Gasteiger charge is 2.14. The Morgan fingerprint density at radius 2 is 1.62 bits per heavy atom. The molecule has 0 atom stereocenters. The van der Waals surface area contributed by atoms with E-state index in [2.05, 4.69) is 10.5 Å². The Morgan fingerprint density at radius 3 is 2.35 bits per heavy atom. The summed E-state index contributed by atoms with van der Waals surface area (Å²) in [6.07, 6.45) is 1.45. The summed E-state index contributed by atoms with van der Waals surface area (Å²) in [7, 11) is 0. The van der Waals surface area contributed by atoms with Gasteiger partial charge in [0.05, 0.1) is 18.4 Å². The van der Waals surface area contributed by atoms with Crippen molar-refractivity contribution in [3.63, 3.8) is 0 Å². The van der Waals surface area contributed by atoms with Gasteiger partial charge in [0.2, 0.25) is 0 Å². The molecule has 4 rings (SSSR count). The summed E-state index contributed by atoms with van der Waals surface area (Å²) < 4.78 is 11.1. The lowest BCUT2D eigenvalue weighted by atomic mass is 10.0. The minimum Gasteiger partial charge on any atom is -0.508 e. The van der Waals surface area contributed by atoms with Gasteiger partial charge in [-0.15, -0.1) is 0 Å². The van der Waals surface area contributed by atoms with Crippen molar-refractivity contribution >= 4 is 28.9 Å². The number of rotatable bonds is 7. The molecule has 4 aromatic rings. The number of ether oxygens (including phenoxy) is 2. The number of phenolic OH excluding ortho intramolecular Hbond substituents is 1. The highest BCUT2D eigenvalue weighted by atomic mass is 16.5. The molecular formula is C27H22N2O5. The van der Waals surface area contributed by atoms with Crippen LogP contribution >= 0.6 is 0 Å². The van der Waals surface area contributed by atoms with Gasteiger partial charge in [-0.1, -0.05) is 30.3 Å². The summed E-state index contributed by atoms with van der Waals surface area (Å²) >= 11 is 0. The molecule has 0 aliphatic carbocycles. The Bertz CT molecular complexity index is 1350. The molecule has 0 aliphatic heterocycles. The highest BCUT2D eigenvalue weighted by molar-refractivity contribution is 6.04. The van der Waals surface area contributed by atoms with E-state index in [9.17, 15) is 14.7 Å². The van der Waals surface area contributed by atoms with Crippen LogP contribution < -0.4 is 14.9 Å². The zero-order chi connectivity index (χ0) is 23.9. The second kappa shape index (κ2) is 10.3. The van der Waals surface area contributed by atoms with Crippen LogP contribution in [-0.4, -0.2) is 29.8 Å². The third-order valence-electron chi connectivity index (χ3n) is 5.02. The number of carbonyl (C=O) groups excluding carboxylic acids is 2. The molecule has 4 aromatic carbocycles. The number of nitrogens with zero attached hydrogens (tertiary/aromatic N) is 1. The largest absolute Gasteiger partial charge is 0.508 e. The number of aromatic hydroxyl groups is 1. The number of esters is 1. The summed E-state index contributed by atoms with van der Waals surface area (Å²) in [5.41, 5.74) is 3.72. The van der Waals surface area contributed by atoms with Gasteiger partial charge in [-0.3, -0.25) is 4.79 Å². The van der Waals surface area contributed by atoms with Crippen LogP contribution in [-0.2, 0) is 0 Å². The van der Waals surface area contributed by atoms with Crippen LogP contribution in [0.4, 0.5) is 0 Å². The molecule has 0 saturated carbocycles. The summed E-state index contributed by atoms with van der Waals surface area (Å²) in [6, 6.07) is 23.6. The molecule has 34 heavy (non-hydrogen) atoms. The normalized spacial score (nSPS) is 10.9. The third kappa shape index (κ3) is 5.21. The number of fused-ring (bicyclic) bond motifs is 1. The molecule has 1 amide bonds. The quantitative estimate of drug-likeness (QED) is 0.179. The molecule has 0 aliphatic rings. The van der Waals surface area contributed by atoms with E-state index >= 15 is 0 Å². The van der Waals surface area contributed by atoms with Gasteiger partial charge in [-0.25, -0.2) is 10.2 Å². The predicted molar refractivity (Wildman–Crippen MR) is 130 cm³/mol. The fourth-order valence-corrected chi connectivity index (χ4v) is 3.34. The highest BCUT2D eigenvalue weighted by Crippen LogP contribution is 2.27. The number of phenols is 1. The molecule has 0 bridgehead atoms. The van der Waals surface area contributed by atoms with E-state index in [0.29, 0.717) is 34.8 Å². The van der Waals surface area contributed by atoms with Gasteiger partial charge >= 0.3 is 5.97 Å². The summed E-state index contributed by atoms with van der Waals surface area (Å²) in [5, 5.41) is 15.2. The molecule has 0 fully saturated rings. The maximum atomic E-state index is 12.8. The lowest BCUT2D eigenvalue weighted by molar-refractivity contribution is 0.0734. The van der Waals surface area contributed by atoms with E-state index in [0.717, 1.165) is 10.8 Å². The van der Waals surface area contributed by atoms with Crippen molar-refractivity contribution in [1.82, 2.24) is 5.43 Å². The van der Waals surface area contributed by atoms with Gasteiger partial charge in [-0.05, 0) is 72.3 Å². The Balaban J connectivity index is 1.58. The Kier molecular flexibility index (Phi) is 6.84. The number of amides is 1. The molecular weight excluding hydrogens is 432 g/mol. The molecule has 170 valence electrons. The van der Waals surface area contributed by atoms with E-state index in [4.69, 9.17) is 9.47 Å². The van der Waals surface area contributed by atoms with Crippen molar-refractivity contribution in [2.24, 2.45) is 5.10 Å². The fraction of sp³-hybridized carbons (Fsp3) is 0.0741. The van der Waals surface area contributed by atoms with E-state index in [1.54, 1.807) is 30.3 Å². The maximum absolute atomic E-state index is 12.8. The lowest BCUT2D eigenvalue weighted by Crippen LogP contribution is -2.17. The fourth-order valence-electron chi connectivity index (χ4n) is 3.34. The zero-order valence-corrected chi connectivity index (χ0v) is 18.4. The van der Waals surface area contributed by atoms with Crippen LogP contribution in [0.5, 0.6) is 17.2 Å². The smallest absolute Gasteiger partial charge is 0.343 e. The van der Waals surface area contributed by atoms with Gasteiger partial charge in [-0.2, -0.15) is 5.10 Å². The van der Waals surface area contributed by atoms with Gasteiger partial charge in [0.15, 0.2) is 0 Å². The number of hydrogen-bond acceptors (Lipinski definition) is 6. The van der Waals surface area contributed by atoms with Crippen molar-refractivity contribution in [3.8, 4) is 17.2 Å². The van der Waals surface area contributed by atoms with Crippen molar-refractivity contribution in [1.29, 1.82) is 0 Å². The van der Waals surface area contributed by atoms with Crippen molar-refractivity contribution in [2.45, 2.75) is 6.92 Å². The Hall–Kier alpha value is -4.65. The minimum atomic E-state index is -0.527. The van der Waals surface area contributed by atoms with Gasteiger partial charge in [0, 0.05) is 11.1 Å². The molecule has 0 aromatic heterocycles. The maximum Gasteiger partial charge on any atom is 0.343 e. The van der Waals surface area contributed by atoms with Gasteiger partial charge < -0.3 is 14.6 Å². The first-order valence-corrected chi connectivity index (χ1v) is 10.6. The number of benzene rings is 4. The average molecular weight is 454 g/mol. The van der Waals surface area contributed by atoms with Crippen molar-refractivity contribution in [3.05, 3.63) is 102 Å². The van der Waals surface area contributed by atoms with Crippen LogP contribution in [0.1, 0.15) is 33.2 Å². The van der Waals surface area contributed by atoms with Crippen LogP contribution in [0.2, 0.25) is 0 Å². The zero-order valence-electron chi connectivity index (χ0n) is 18.4. The van der Waals surface area contributed by atoms with Gasteiger partial charge in [0.25, 0.3) is 5.91 Å². The van der Waals surface area contributed by atoms with Crippen LogP contribution in [0.15, 0.2) is 90.0 Å². The number of nitrogens with one attached hydrogen (secondary N) is 1. The molecule has 0 saturated heterocycles. The minimum absolute atomic E-state index is 0.0646. The van der Waals surface area contributed by atoms with Crippen LogP contribution in [0, 0.1) is 0 Å². The molecule has 7 nitrogen and oxygen atoms in total. The molecule has 0 unspecified atom stereocenters. The molecule has 0 spiro atoms. The molecule has 2 N–H and O–H groups in total. The average Bonchev–Trinajstić information content (AvgIpc) is 2.86. The summed E-state index contributed by atoms with van der Waals surface area (Å²) in [4.78, 5) is 25.1. The third-order valence-corrected chi connectivity index (χ3v) is 5.02. The van der Waals surface area contributed by atoms with Crippen LogP contribution in [0.25, 0.3) is 10.8 Å². The second-order valence-electron chi connectivity index (χ2n) is 7.29. The second-order valence-corrected chi connectivity index (χ2v) is 7.29. The van der Waals surface area contributed by atoms with Crippen molar-refractivity contribution < 1.29 is 24.2 Å². The lowest BCUT2D eigenvalue weighted by Gasteiger charge is -2.11. The van der Waals surface area contributed by atoms with Crippen LogP contribution in [0.3, 0.4) is 0 Å². The van der Waals surface area contributed by atoms with E-state index in [1.165, 1.54) is 30.5 Å². The molecule has 0 radical (unpaired) electrons.